The van der Waals surface area contributed by atoms with Crippen molar-refractivity contribution in [2.75, 3.05) is 26.2 Å². The molecule has 1 aliphatic rings. The quantitative estimate of drug-likeness (QED) is 0.634. The number of hydrogen-bond acceptors (Lipinski definition) is 5. The van der Waals surface area contributed by atoms with E-state index in [-0.39, 0.29) is 11.7 Å². The van der Waals surface area contributed by atoms with Gasteiger partial charge in [0.25, 0.3) is 10.0 Å². The molecule has 0 amide bonds. The van der Waals surface area contributed by atoms with Crippen molar-refractivity contribution in [3.63, 3.8) is 0 Å². The summed E-state index contributed by atoms with van der Waals surface area (Å²) >= 11 is 12.1. The molecule has 1 N–H and O–H groups in total. The van der Waals surface area contributed by atoms with E-state index < -0.39 is 10.0 Å². The highest BCUT2D eigenvalue weighted by Gasteiger charge is 2.30. The molecular formula is C19H24Cl2N2O4S. The summed E-state index contributed by atoms with van der Waals surface area (Å²) in [6.45, 7) is 2.79. The van der Waals surface area contributed by atoms with Crippen LogP contribution in [0.3, 0.4) is 0 Å². The van der Waals surface area contributed by atoms with Crippen LogP contribution in [0.25, 0.3) is 0 Å². The van der Waals surface area contributed by atoms with Crippen LogP contribution in [-0.2, 0) is 23.1 Å². The van der Waals surface area contributed by atoms with E-state index in [4.69, 9.17) is 27.6 Å². The Bertz CT molecular complexity index is 895. The highest BCUT2D eigenvalue weighted by atomic mass is 35.5. The maximum atomic E-state index is 12.6. The standard InChI is InChI=1S/C19H24Cl2N2O4S/c20-17-6-4-15(12-18(17)21)13-22(8-3-11-24)14-16-5-7-19(27-16)28(25,26)23-9-1-2-10-23/h4-7,12,24H,1-3,8-11,13-14H2. The first-order valence-electron chi connectivity index (χ1n) is 9.26. The minimum Gasteiger partial charge on any atom is -0.447 e. The molecule has 9 heteroatoms. The minimum absolute atomic E-state index is 0.0129. The van der Waals surface area contributed by atoms with Crippen LogP contribution in [0.5, 0.6) is 0 Å². The molecule has 28 heavy (non-hydrogen) atoms. The smallest absolute Gasteiger partial charge is 0.276 e. The second-order valence-corrected chi connectivity index (χ2v) is 9.55. The zero-order valence-electron chi connectivity index (χ0n) is 15.5. The maximum Gasteiger partial charge on any atom is 0.276 e. The molecule has 2 heterocycles. The van der Waals surface area contributed by atoms with E-state index >= 15 is 0 Å². The summed E-state index contributed by atoms with van der Waals surface area (Å²) in [6, 6.07) is 8.67. The molecule has 0 unspecified atom stereocenters. The van der Waals surface area contributed by atoms with Crippen molar-refractivity contribution in [3.8, 4) is 0 Å². The number of hydrogen-bond donors (Lipinski definition) is 1. The van der Waals surface area contributed by atoms with Crippen molar-refractivity contribution in [2.45, 2.75) is 37.4 Å². The third-order valence-electron chi connectivity index (χ3n) is 4.70. The largest absolute Gasteiger partial charge is 0.447 e. The molecule has 3 rings (SSSR count). The predicted molar refractivity (Wildman–Crippen MR) is 109 cm³/mol. The Kier molecular flexibility index (Phi) is 7.42. The van der Waals surface area contributed by atoms with Crippen LogP contribution in [0.15, 0.2) is 39.8 Å². The van der Waals surface area contributed by atoms with Gasteiger partial charge in [0.05, 0.1) is 16.6 Å². The molecule has 1 aliphatic heterocycles. The predicted octanol–water partition coefficient (Wildman–Crippen LogP) is 3.76. The van der Waals surface area contributed by atoms with Gasteiger partial charge in [-0.2, -0.15) is 4.31 Å². The number of rotatable bonds is 9. The number of sulfonamides is 1. The van der Waals surface area contributed by atoms with Crippen molar-refractivity contribution >= 4 is 33.2 Å². The summed E-state index contributed by atoms with van der Waals surface area (Å²) in [4.78, 5) is 2.07. The van der Waals surface area contributed by atoms with E-state index in [2.05, 4.69) is 4.90 Å². The molecule has 1 saturated heterocycles. The third-order valence-corrected chi connectivity index (χ3v) is 7.21. The van der Waals surface area contributed by atoms with Gasteiger partial charge < -0.3 is 9.52 Å². The first-order chi connectivity index (χ1) is 13.4. The molecule has 1 fully saturated rings. The van der Waals surface area contributed by atoms with Crippen molar-refractivity contribution in [1.82, 2.24) is 9.21 Å². The molecule has 0 aliphatic carbocycles. The van der Waals surface area contributed by atoms with E-state index in [1.165, 1.54) is 10.4 Å². The van der Waals surface area contributed by atoms with E-state index in [1.807, 2.05) is 6.07 Å². The monoisotopic (exact) mass is 446 g/mol. The van der Waals surface area contributed by atoms with Gasteiger partial charge in [-0.05, 0) is 49.1 Å². The lowest BCUT2D eigenvalue weighted by atomic mass is 10.2. The highest BCUT2D eigenvalue weighted by molar-refractivity contribution is 7.89. The Morgan fingerprint density at radius 1 is 1.07 bits per heavy atom. The van der Waals surface area contributed by atoms with Crippen LogP contribution in [0.2, 0.25) is 10.0 Å². The zero-order chi connectivity index (χ0) is 20.1. The number of aliphatic hydroxyl groups excluding tert-OH is 1. The van der Waals surface area contributed by atoms with Crippen molar-refractivity contribution in [1.29, 1.82) is 0 Å². The SMILES string of the molecule is O=S(=O)(c1ccc(CN(CCCO)Cc2ccc(Cl)c(Cl)c2)o1)N1CCCC1. The van der Waals surface area contributed by atoms with E-state index in [0.717, 1.165) is 18.4 Å². The number of halogens is 2. The summed E-state index contributed by atoms with van der Waals surface area (Å²) in [7, 11) is -3.56. The lowest BCUT2D eigenvalue weighted by Gasteiger charge is -2.21. The third kappa shape index (κ3) is 5.28. The summed E-state index contributed by atoms with van der Waals surface area (Å²) < 4.78 is 32.4. The molecule has 154 valence electrons. The second kappa shape index (κ2) is 9.61. The van der Waals surface area contributed by atoms with E-state index in [1.54, 1.807) is 18.2 Å². The maximum absolute atomic E-state index is 12.6. The van der Waals surface area contributed by atoms with Crippen LogP contribution in [0, 0.1) is 0 Å². The van der Waals surface area contributed by atoms with Gasteiger partial charge in [-0.3, -0.25) is 4.90 Å². The summed E-state index contributed by atoms with van der Waals surface area (Å²) in [6.07, 6.45) is 2.36. The minimum atomic E-state index is -3.56. The first kappa shape index (κ1) is 21.6. The fourth-order valence-corrected chi connectivity index (χ4v) is 5.03. The topological polar surface area (TPSA) is 74.0 Å². The average Bonchev–Trinajstić information content (AvgIpc) is 3.35. The Morgan fingerprint density at radius 2 is 1.82 bits per heavy atom. The Balaban J connectivity index is 1.72. The summed E-state index contributed by atoms with van der Waals surface area (Å²) in [5, 5.41) is 10.2. The molecule has 1 aromatic heterocycles. The van der Waals surface area contributed by atoms with Gasteiger partial charge in [-0.15, -0.1) is 0 Å². The molecule has 0 spiro atoms. The van der Waals surface area contributed by atoms with Gasteiger partial charge in [-0.25, -0.2) is 8.42 Å². The molecule has 0 atom stereocenters. The molecule has 1 aromatic carbocycles. The molecule has 2 aromatic rings. The molecule has 0 radical (unpaired) electrons. The van der Waals surface area contributed by atoms with Crippen LogP contribution in [0.1, 0.15) is 30.6 Å². The number of furan rings is 1. The van der Waals surface area contributed by atoms with Gasteiger partial charge in [0.1, 0.15) is 5.76 Å². The Labute approximate surface area is 175 Å². The van der Waals surface area contributed by atoms with Crippen molar-refractivity contribution < 1.29 is 17.9 Å². The lowest BCUT2D eigenvalue weighted by Crippen LogP contribution is -2.27. The molecule has 6 nitrogen and oxygen atoms in total. The number of benzene rings is 1. The number of nitrogens with zero attached hydrogens (tertiary/aromatic N) is 2. The van der Waals surface area contributed by atoms with Crippen molar-refractivity contribution in [3.05, 3.63) is 51.7 Å². The lowest BCUT2D eigenvalue weighted by molar-refractivity contribution is 0.197. The zero-order valence-corrected chi connectivity index (χ0v) is 17.8. The van der Waals surface area contributed by atoms with Gasteiger partial charge in [0.2, 0.25) is 5.09 Å². The van der Waals surface area contributed by atoms with Gasteiger partial charge in [0.15, 0.2) is 0 Å². The van der Waals surface area contributed by atoms with Crippen LogP contribution in [-0.4, -0.2) is 49.0 Å². The molecule has 0 bridgehead atoms. The van der Waals surface area contributed by atoms with Gasteiger partial charge in [-0.1, -0.05) is 29.3 Å². The first-order valence-corrected chi connectivity index (χ1v) is 11.5. The molecular weight excluding hydrogens is 423 g/mol. The Hall–Kier alpha value is -1.09. The van der Waals surface area contributed by atoms with E-state index in [0.29, 0.717) is 55.0 Å². The van der Waals surface area contributed by atoms with Crippen LogP contribution < -0.4 is 0 Å². The second-order valence-electron chi connectivity index (χ2n) is 6.87. The summed E-state index contributed by atoms with van der Waals surface area (Å²) in [5.74, 6) is 0.566. The van der Waals surface area contributed by atoms with Crippen LogP contribution in [0.4, 0.5) is 0 Å². The fourth-order valence-electron chi connectivity index (χ4n) is 3.26. The van der Waals surface area contributed by atoms with Crippen molar-refractivity contribution in [2.24, 2.45) is 0 Å². The number of aliphatic hydroxyl groups is 1. The van der Waals surface area contributed by atoms with Gasteiger partial charge in [0, 0.05) is 32.8 Å². The average molecular weight is 447 g/mol. The van der Waals surface area contributed by atoms with Crippen LogP contribution >= 0.6 is 23.2 Å². The van der Waals surface area contributed by atoms with Gasteiger partial charge >= 0.3 is 0 Å². The normalized spacial score (nSPS) is 15.6. The Morgan fingerprint density at radius 3 is 2.50 bits per heavy atom. The molecule has 0 saturated carbocycles. The fraction of sp³-hybridized carbons (Fsp3) is 0.474. The highest BCUT2D eigenvalue weighted by Crippen LogP contribution is 2.25. The summed E-state index contributed by atoms with van der Waals surface area (Å²) in [5.41, 5.74) is 0.976. The van der Waals surface area contributed by atoms with E-state index in [9.17, 15) is 13.5 Å².